The zero-order valence-electron chi connectivity index (χ0n) is 33.9. The van der Waals surface area contributed by atoms with Crippen molar-refractivity contribution < 1.29 is 0 Å². The predicted molar refractivity (Wildman–Crippen MR) is 263 cm³/mol. The maximum Gasteiger partial charge on any atom is 0.164 e. The lowest BCUT2D eigenvalue weighted by Crippen LogP contribution is -2.00. The number of hydrogen-bond acceptors (Lipinski definition) is 4. The van der Waals surface area contributed by atoms with Crippen molar-refractivity contribution in [2.75, 3.05) is 0 Å². The Labute approximate surface area is 366 Å². The molecule has 4 aromatic heterocycles. The summed E-state index contributed by atoms with van der Waals surface area (Å²) in [5.74, 6) is 1.95. The molecule has 13 rings (SSSR count). The highest BCUT2D eigenvalue weighted by Gasteiger charge is 2.20. The Morgan fingerprint density at radius 2 is 0.778 bits per heavy atom. The first kappa shape index (κ1) is 35.6. The van der Waals surface area contributed by atoms with Gasteiger partial charge in [0.2, 0.25) is 0 Å². The molecular weight excluding hydrogens is 787 g/mol. The molecule has 0 aliphatic heterocycles. The zero-order chi connectivity index (χ0) is 41.4. The van der Waals surface area contributed by atoms with Crippen LogP contribution in [-0.2, 0) is 0 Å². The average Bonchev–Trinajstić information content (AvgIpc) is 4.02. The molecule has 0 aliphatic rings. The molecule has 0 aliphatic carbocycles. The highest BCUT2D eigenvalue weighted by Crippen LogP contribution is 2.43. The minimum Gasteiger partial charge on any atom is -0.309 e. The maximum atomic E-state index is 5.08. The van der Waals surface area contributed by atoms with Gasteiger partial charge in [0.25, 0.3) is 0 Å². The fourth-order valence-corrected chi connectivity index (χ4v) is 10.6. The van der Waals surface area contributed by atoms with Crippen molar-refractivity contribution in [1.29, 1.82) is 0 Å². The zero-order valence-corrected chi connectivity index (χ0v) is 34.7. The third kappa shape index (κ3) is 5.73. The van der Waals surface area contributed by atoms with Gasteiger partial charge < -0.3 is 9.13 Å². The van der Waals surface area contributed by atoms with Gasteiger partial charge >= 0.3 is 0 Å². The average molecular weight is 822 g/mol. The summed E-state index contributed by atoms with van der Waals surface area (Å²) >= 11 is 1.82. The summed E-state index contributed by atoms with van der Waals surface area (Å²) in [6, 6.07) is 75.7. The van der Waals surface area contributed by atoms with Crippen LogP contribution in [0.25, 0.3) is 120 Å². The van der Waals surface area contributed by atoms with Crippen LogP contribution < -0.4 is 0 Å². The summed E-state index contributed by atoms with van der Waals surface area (Å²) < 4.78 is 7.28. The van der Waals surface area contributed by atoms with E-state index in [2.05, 4.69) is 185 Å². The summed E-state index contributed by atoms with van der Waals surface area (Å²) in [4.78, 5) is 15.1. The largest absolute Gasteiger partial charge is 0.309 e. The number of benzene rings is 9. The van der Waals surface area contributed by atoms with Gasteiger partial charge in [0.15, 0.2) is 17.5 Å². The first-order valence-corrected chi connectivity index (χ1v) is 22.0. The Morgan fingerprint density at radius 3 is 1.40 bits per heavy atom. The lowest BCUT2D eigenvalue weighted by molar-refractivity contribution is 1.07. The van der Waals surface area contributed by atoms with E-state index in [1.165, 1.54) is 74.9 Å². The van der Waals surface area contributed by atoms with Crippen LogP contribution in [0.4, 0.5) is 0 Å². The normalized spacial score (nSPS) is 11.8. The van der Waals surface area contributed by atoms with Crippen LogP contribution >= 0.6 is 11.3 Å². The fraction of sp³-hybridized carbons (Fsp3) is 0. The van der Waals surface area contributed by atoms with Crippen molar-refractivity contribution >= 4 is 75.1 Å². The van der Waals surface area contributed by atoms with Crippen molar-refractivity contribution in [2.24, 2.45) is 0 Å². The second-order valence-corrected chi connectivity index (χ2v) is 17.1. The summed E-state index contributed by atoms with van der Waals surface area (Å²) in [6.45, 7) is 0. The smallest absolute Gasteiger partial charge is 0.164 e. The predicted octanol–water partition coefficient (Wildman–Crippen LogP) is 15.1. The molecular formula is C57H35N5S. The monoisotopic (exact) mass is 821 g/mol. The molecule has 13 aromatic rings. The SMILES string of the molecule is c1ccc(-c2nc(-c3ccccc3)nc(-c3ccc4sc5cccc(-n6c7ccccc7c7cc(-c8ccc9c(c8)c8ccccc8n9-c8ccccc8)ccc76)c5c4c3)n2)cc1. The number of nitrogens with zero attached hydrogens (tertiary/aromatic N) is 5. The van der Waals surface area contributed by atoms with E-state index in [9.17, 15) is 0 Å². The second kappa shape index (κ2) is 14.2. The number of para-hydroxylation sites is 3. The molecule has 0 fully saturated rings. The van der Waals surface area contributed by atoms with Crippen LogP contribution in [0, 0.1) is 0 Å². The van der Waals surface area contributed by atoms with Crippen LogP contribution in [0.15, 0.2) is 212 Å². The van der Waals surface area contributed by atoms with Crippen LogP contribution in [-0.4, -0.2) is 24.1 Å². The van der Waals surface area contributed by atoms with Gasteiger partial charge in [-0.05, 0) is 90.0 Å². The van der Waals surface area contributed by atoms with E-state index < -0.39 is 0 Å². The summed E-state index contributed by atoms with van der Waals surface area (Å²) in [5, 5.41) is 7.33. The molecule has 0 bridgehead atoms. The van der Waals surface area contributed by atoms with Crippen molar-refractivity contribution in [3.63, 3.8) is 0 Å². The standard InChI is InChI=1S/C57H35N5S/c1-4-15-36(16-5-1)55-58-56(37-17-6-2-7-18-37)60-57(59-55)40-29-32-52-46(35-40)54-51(25-14-26-53(54)63-52)62-48-24-13-11-22-43(48)45-34-39(28-31-50(45)62)38-27-30-49-44(33-38)42-21-10-12-23-47(42)61(49)41-19-8-3-9-20-41/h1-35H. The molecule has 0 amide bonds. The summed E-state index contributed by atoms with van der Waals surface area (Å²) in [5.41, 5.74) is 12.3. The van der Waals surface area contributed by atoms with E-state index in [4.69, 9.17) is 15.0 Å². The molecule has 0 N–H and O–H groups in total. The van der Waals surface area contributed by atoms with Gasteiger partial charge in [-0.1, -0.05) is 133 Å². The van der Waals surface area contributed by atoms with Gasteiger partial charge in [-0.2, -0.15) is 0 Å². The third-order valence-electron chi connectivity index (χ3n) is 12.4. The lowest BCUT2D eigenvalue weighted by atomic mass is 10.0. The minimum absolute atomic E-state index is 0.647. The van der Waals surface area contributed by atoms with Crippen molar-refractivity contribution in [3.8, 4) is 56.7 Å². The van der Waals surface area contributed by atoms with Gasteiger partial charge in [0.05, 0.1) is 27.8 Å². The molecule has 9 aromatic carbocycles. The van der Waals surface area contributed by atoms with Gasteiger partial charge in [-0.15, -0.1) is 11.3 Å². The summed E-state index contributed by atoms with van der Waals surface area (Å²) in [7, 11) is 0. The van der Waals surface area contributed by atoms with Gasteiger partial charge in [-0.3, -0.25) is 0 Å². The third-order valence-corrected chi connectivity index (χ3v) is 13.5. The molecule has 5 nitrogen and oxygen atoms in total. The van der Waals surface area contributed by atoms with Crippen molar-refractivity contribution in [2.45, 2.75) is 0 Å². The van der Waals surface area contributed by atoms with Crippen LogP contribution in [0.2, 0.25) is 0 Å². The van der Waals surface area contributed by atoms with Gasteiger partial charge in [0.1, 0.15) is 0 Å². The maximum absolute atomic E-state index is 5.08. The van der Waals surface area contributed by atoms with E-state index in [1.807, 2.05) is 47.7 Å². The molecule has 4 heterocycles. The topological polar surface area (TPSA) is 48.5 Å². The van der Waals surface area contributed by atoms with E-state index >= 15 is 0 Å². The lowest BCUT2D eigenvalue weighted by Gasteiger charge is -2.11. The quantitative estimate of drug-likeness (QED) is 0.168. The number of aromatic nitrogens is 5. The first-order chi connectivity index (χ1) is 31.2. The molecule has 294 valence electrons. The molecule has 0 saturated carbocycles. The molecule has 0 saturated heterocycles. The molecule has 6 heteroatoms. The molecule has 0 radical (unpaired) electrons. The number of rotatable bonds is 6. The number of hydrogen-bond donors (Lipinski definition) is 0. The van der Waals surface area contributed by atoms with Crippen LogP contribution in [0.3, 0.4) is 0 Å². The Kier molecular flexibility index (Phi) is 8.01. The molecule has 0 unspecified atom stereocenters. The number of thiophene rings is 1. The van der Waals surface area contributed by atoms with Gasteiger partial charge in [-0.25, -0.2) is 15.0 Å². The van der Waals surface area contributed by atoms with E-state index in [0.29, 0.717) is 17.5 Å². The number of fused-ring (bicyclic) bond motifs is 9. The Morgan fingerprint density at radius 1 is 0.302 bits per heavy atom. The highest BCUT2D eigenvalue weighted by molar-refractivity contribution is 7.25. The molecule has 63 heavy (non-hydrogen) atoms. The fourth-order valence-electron chi connectivity index (χ4n) is 9.49. The highest BCUT2D eigenvalue weighted by atomic mass is 32.1. The first-order valence-electron chi connectivity index (χ1n) is 21.2. The second-order valence-electron chi connectivity index (χ2n) is 16.0. The van der Waals surface area contributed by atoms with E-state index in [-0.39, 0.29) is 0 Å². The Bertz CT molecular complexity index is 3850. The Balaban J connectivity index is 0.978. The van der Waals surface area contributed by atoms with E-state index in [0.717, 1.165) is 28.1 Å². The van der Waals surface area contributed by atoms with Crippen molar-refractivity contribution in [1.82, 2.24) is 24.1 Å². The van der Waals surface area contributed by atoms with Crippen LogP contribution in [0.5, 0.6) is 0 Å². The minimum atomic E-state index is 0.647. The summed E-state index contributed by atoms with van der Waals surface area (Å²) in [6.07, 6.45) is 0. The van der Waals surface area contributed by atoms with Crippen molar-refractivity contribution in [3.05, 3.63) is 212 Å². The van der Waals surface area contributed by atoms with Gasteiger partial charge in [0, 0.05) is 64.1 Å². The van der Waals surface area contributed by atoms with Crippen LogP contribution in [0.1, 0.15) is 0 Å². The van der Waals surface area contributed by atoms with E-state index in [1.54, 1.807) is 0 Å². The molecule has 0 atom stereocenters. The molecule has 0 spiro atoms. The Hall–Kier alpha value is -8.19.